The number of hydrogen-bond acceptors (Lipinski definition) is 5. The molecule has 2 aliphatic rings. The van der Waals surface area contributed by atoms with Crippen molar-refractivity contribution in [2.45, 2.75) is 31.0 Å². The lowest BCUT2D eigenvalue weighted by molar-refractivity contribution is 0.435. The molecule has 2 aromatic heterocycles. The summed E-state index contributed by atoms with van der Waals surface area (Å²) in [5.41, 5.74) is 0.312. The first-order chi connectivity index (χ1) is 10.4. The van der Waals surface area contributed by atoms with Crippen LogP contribution < -0.4 is 5.56 Å². The molecule has 22 heavy (non-hydrogen) atoms. The van der Waals surface area contributed by atoms with Crippen LogP contribution >= 0.6 is 0 Å². The normalized spacial score (nSPS) is 30.5. The van der Waals surface area contributed by atoms with Gasteiger partial charge in [-0.2, -0.15) is 4.98 Å². The van der Waals surface area contributed by atoms with Gasteiger partial charge in [-0.25, -0.2) is 13.4 Å². The molecule has 116 valence electrons. The van der Waals surface area contributed by atoms with Gasteiger partial charge in [0.15, 0.2) is 0 Å². The fraction of sp³-hybridized carbons (Fsp3) is 0.533. The van der Waals surface area contributed by atoms with Gasteiger partial charge >= 0.3 is 0 Å². The number of aromatic nitrogens is 3. The summed E-state index contributed by atoms with van der Waals surface area (Å²) in [6, 6.07) is 3.28. The zero-order chi connectivity index (χ0) is 15.6. The lowest BCUT2D eigenvalue weighted by atomic mass is 10.1. The van der Waals surface area contributed by atoms with Crippen molar-refractivity contribution in [3.8, 4) is 0 Å². The van der Waals surface area contributed by atoms with E-state index in [1.807, 2.05) is 0 Å². The van der Waals surface area contributed by atoms with Crippen molar-refractivity contribution in [3.05, 3.63) is 28.7 Å². The third-order valence-corrected chi connectivity index (χ3v) is 6.05. The van der Waals surface area contributed by atoms with Gasteiger partial charge in [-0.15, -0.1) is 0 Å². The van der Waals surface area contributed by atoms with Crippen LogP contribution in [0.1, 0.15) is 25.8 Å². The zero-order valence-corrected chi connectivity index (χ0v) is 13.2. The fourth-order valence-corrected chi connectivity index (χ4v) is 4.40. The Morgan fingerprint density at radius 3 is 2.55 bits per heavy atom. The second-order valence-electron chi connectivity index (χ2n) is 6.56. The van der Waals surface area contributed by atoms with Gasteiger partial charge in [0.05, 0.1) is 0 Å². The molecule has 2 saturated carbocycles. The Balaban J connectivity index is 1.89. The van der Waals surface area contributed by atoms with Gasteiger partial charge in [0.25, 0.3) is 5.56 Å². The van der Waals surface area contributed by atoms with Crippen molar-refractivity contribution < 1.29 is 8.42 Å². The van der Waals surface area contributed by atoms with E-state index in [0.717, 1.165) is 25.0 Å². The van der Waals surface area contributed by atoms with Crippen molar-refractivity contribution in [3.63, 3.8) is 0 Å². The van der Waals surface area contributed by atoms with Crippen LogP contribution in [0.25, 0.3) is 11.0 Å². The Kier molecular flexibility index (Phi) is 2.76. The van der Waals surface area contributed by atoms with Gasteiger partial charge in [-0.05, 0) is 36.7 Å². The van der Waals surface area contributed by atoms with E-state index in [1.165, 1.54) is 12.3 Å². The molecule has 4 rings (SSSR count). The molecule has 0 amide bonds. The van der Waals surface area contributed by atoms with E-state index in [2.05, 4.69) is 16.9 Å². The molecule has 6 nitrogen and oxygen atoms in total. The quantitative estimate of drug-likeness (QED) is 0.782. The molecular weight excluding hydrogens is 302 g/mol. The molecule has 2 aromatic rings. The fourth-order valence-electron chi connectivity index (χ4n) is 3.91. The highest BCUT2D eigenvalue weighted by Crippen LogP contribution is 2.60. The predicted octanol–water partition coefficient (Wildman–Crippen LogP) is 1.41. The van der Waals surface area contributed by atoms with Crippen molar-refractivity contribution in [1.82, 2.24) is 14.5 Å². The van der Waals surface area contributed by atoms with Gasteiger partial charge < -0.3 is 0 Å². The third-order valence-electron chi connectivity index (χ3n) is 5.19. The summed E-state index contributed by atoms with van der Waals surface area (Å²) in [6.45, 7) is 2.25. The molecule has 0 N–H and O–H groups in total. The summed E-state index contributed by atoms with van der Waals surface area (Å²) in [7, 11) is -3.50. The Morgan fingerprint density at radius 1 is 1.23 bits per heavy atom. The van der Waals surface area contributed by atoms with E-state index in [1.54, 1.807) is 10.6 Å². The summed E-state index contributed by atoms with van der Waals surface area (Å²) < 4.78 is 25.0. The highest BCUT2D eigenvalue weighted by atomic mass is 32.2. The smallest absolute Gasteiger partial charge is 0.252 e. The number of sulfone groups is 1. The zero-order valence-electron chi connectivity index (χ0n) is 12.4. The Labute approximate surface area is 128 Å². The number of fused-ring (bicyclic) bond motifs is 2. The van der Waals surface area contributed by atoms with Crippen molar-refractivity contribution in [1.29, 1.82) is 0 Å². The maximum Gasteiger partial charge on any atom is 0.252 e. The van der Waals surface area contributed by atoms with E-state index < -0.39 is 9.84 Å². The van der Waals surface area contributed by atoms with Crippen LogP contribution in [0.2, 0.25) is 0 Å². The van der Waals surface area contributed by atoms with Crippen LogP contribution in [0.5, 0.6) is 0 Å². The predicted molar refractivity (Wildman–Crippen MR) is 81.3 cm³/mol. The summed E-state index contributed by atoms with van der Waals surface area (Å²) in [5, 5.41) is 0.469. The first-order valence-corrected chi connectivity index (χ1v) is 9.34. The Bertz CT molecular complexity index is 923. The molecule has 4 atom stereocenters. The summed E-state index contributed by atoms with van der Waals surface area (Å²) in [5.74, 6) is 2.15. The monoisotopic (exact) mass is 319 g/mol. The first kappa shape index (κ1) is 13.9. The highest BCUT2D eigenvalue weighted by Gasteiger charge is 2.53. The molecule has 2 unspecified atom stereocenters. The number of nitrogens with zero attached hydrogens (tertiary/aromatic N) is 3. The lowest BCUT2D eigenvalue weighted by Gasteiger charge is -2.18. The van der Waals surface area contributed by atoms with Crippen LogP contribution in [0, 0.1) is 17.8 Å². The van der Waals surface area contributed by atoms with E-state index in [4.69, 9.17) is 0 Å². The highest BCUT2D eigenvalue weighted by molar-refractivity contribution is 7.90. The molecule has 7 heteroatoms. The third kappa shape index (κ3) is 1.99. The second-order valence-corrected chi connectivity index (χ2v) is 8.47. The summed E-state index contributed by atoms with van der Waals surface area (Å²) >= 11 is 0. The largest absolute Gasteiger partial charge is 0.289 e. The molecule has 0 bridgehead atoms. The average molecular weight is 319 g/mol. The van der Waals surface area contributed by atoms with Gasteiger partial charge in [-0.3, -0.25) is 9.36 Å². The van der Waals surface area contributed by atoms with Crippen LogP contribution in [-0.4, -0.2) is 29.2 Å². The number of pyridine rings is 1. The van der Waals surface area contributed by atoms with Crippen LogP contribution in [0.4, 0.5) is 0 Å². The minimum absolute atomic E-state index is 0.115. The Morgan fingerprint density at radius 2 is 1.91 bits per heavy atom. The van der Waals surface area contributed by atoms with Crippen LogP contribution in [0.3, 0.4) is 0 Å². The maximum absolute atomic E-state index is 12.3. The molecule has 2 fully saturated rings. The van der Waals surface area contributed by atoms with Gasteiger partial charge in [0.2, 0.25) is 15.0 Å². The van der Waals surface area contributed by atoms with Crippen LogP contribution in [0.15, 0.2) is 28.3 Å². The van der Waals surface area contributed by atoms with Gasteiger partial charge in [0.1, 0.15) is 5.65 Å². The second kappa shape index (κ2) is 4.38. The molecule has 0 radical (unpaired) electrons. The van der Waals surface area contributed by atoms with Crippen molar-refractivity contribution in [2.24, 2.45) is 17.8 Å². The molecule has 0 aromatic carbocycles. The molecule has 0 saturated heterocycles. The summed E-state index contributed by atoms with van der Waals surface area (Å²) in [6.07, 6.45) is 4.51. The van der Waals surface area contributed by atoms with Crippen LogP contribution in [-0.2, 0) is 9.84 Å². The summed E-state index contributed by atoms with van der Waals surface area (Å²) in [4.78, 5) is 20.4. The lowest BCUT2D eigenvalue weighted by Crippen LogP contribution is -2.25. The van der Waals surface area contributed by atoms with Crippen molar-refractivity contribution >= 4 is 20.9 Å². The number of rotatable bonds is 2. The SMILES string of the molecule is CC1[C@H]2CC(n3c(=O)ccc4cnc(S(C)(=O)=O)nc43)C[C@@H]12. The molecular formula is C15H17N3O3S. The van der Waals surface area contributed by atoms with Gasteiger partial charge in [-0.1, -0.05) is 6.92 Å². The molecule has 0 spiro atoms. The minimum Gasteiger partial charge on any atom is -0.289 e. The van der Waals surface area contributed by atoms with E-state index >= 15 is 0 Å². The molecule has 2 heterocycles. The standard InChI is InChI=1S/C15H17N3O3S/c1-8-11-5-10(6-12(8)11)18-13(19)4-3-9-7-16-15(17-14(9)18)22(2,20)21/h3-4,7-8,10-12H,5-6H2,1-2H3/t8?,10?,11-,12+. The van der Waals surface area contributed by atoms with E-state index in [0.29, 0.717) is 22.9 Å². The van der Waals surface area contributed by atoms with Crippen molar-refractivity contribution in [2.75, 3.05) is 6.26 Å². The number of hydrogen-bond donors (Lipinski definition) is 0. The molecule has 0 aliphatic heterocycles. The Hall–Kier alpha value is -1.76. The van der Waals surface area contributed by atoms with E-state index in [9.17, 15) is 13.2 Å². The average Bonchev–Trinajstić information content (AvgIpc) is 2.86. The van der Waals surface area contributed by atoms with Gasteiger partial charge in [0, 0.05) is 29.9 Å². The maximum atomic E-state index is 12.3. The minimum atomic E-state index is -3.50. The van der Waals surface area contributed by atoms with E-state index in [-0.39, 0.29) is 16.8 Å². The topological polar surface area (TPSA) is 81.9 Å². The first-order valence-electron chi connectivity index (χ1n) is 7.44. The molecule has 2 aliphatic carbocycles.